The minimum atomic E-state index is -0.250. The lowest BCUT2D eigenvalue weighted by Crippen LogP contribution is -2.31. The van der Waals surface area contributed by atoms with E-state index in [0.29, 0.717) is 5.92 Å². The Balaban J connectivity index is 0.000000569. The first kappa shape index (κ1) is 17.8. The summed E-state index contributed by atoms with van der Waals surface area (Å²) in [6.07, 6.45) is 4.83. The van der Waals surface area contributed by atoms with E-state index in [2.05, 4.69) is 29.2 Å². The van der Waals surface area contributed by atoms with E-state index < -0.39 is 0 Å². The smallest absolute Gasteiger partial charge is 0.290 e. The van der Waals surface area contributed by atoms with Crippen molar-refractivity contribution in [3.63, 3.8) is 0 Å². The average molecular weight is 342 g/mol. The number of hydrogen-bond acceptors (Lipinski definition) is 4. The molecule has 2 aliphatic rings. The molecule has 1 aliphatic carbocycles. The van der Waals surface area contributed by atoms with Crippen LogP contribution in [0, 0.1) is 11.8 Å². The number of carbonyl (C=O) groups is 1. The Morgan fingerprint density at radius 3 is 2.64 bits per heavy atom. The van der Waals surface area contributed by atoms with Crippen LogP contribution in [0.3, 0.4) is 0 Å². The number of benzene rings is 1. The van der Waals surface area contributed by atoms with Gasteiger partial charge in [-0.25, -0.2) is 0 Å². The van der Waals surface area contributed by atoms with Gasteiger partial charge >= 0.3 is 0 Å². The van der Waals surface area contributed by atoms with Gasteiger partial charge in [-0.1, -0.05) is 30.7 Å². The van der Waals surface area contributed by atoms with Gasteiger partial charge in [0.15, 0.2) is 0 Å². The second-order valence-corrected chi connectivity index (χ2v) is 7.15. The minimum absolute atomic E-state index is 0.201. The predicted molar refractivity (Wildman–Crippen MR) is 97.4 cm³/mol. The van der Waals surface area contributed by atoms with Crippen LogP contribution in [0.15, 0.2) is 36.4 Å². The second-order valence-electron chi connectivity index (χ2n) is 7.15. The van der Waals surface area contributed by atoms with E-state index in [1.165, 1.54) is 31.2 Å². The summed E-state index contributed by atoms with van der Waals surface area (Å²) in [5.74, 6) is 1.21. The van der Waals surface area contributed by atoms with Gasteiger partial charge in [0, 0.05) is 36.6 Å². The highest BCUT2D eigenvalue weighted by Gasteiger charge is 2.33. The quantitative estimate of drug-likeness (QED) is 0.836. The Hall–Kier alpha value is -1.98. The van der Waals surface area contributed by atoms with Crippen LogP contribution >= 0.6 is 0 Å². The molecule has 1 saturated carbocycles. The molecular formula is C20H26N2O3. The highest BCUT2D eigenvalue weighted by molar-refractivity contribution is 5.78. The maximum absolute atomic E-state index is 10.4. The second kappa shape index (κ2) is 8.41. The molecule has 0 amide bonds. The molecule has 0 bridgehead atoms. The number of aliphatic hydroxyl groups is 1. The number of fused-ring (bicyclic) bond motifs is 1. The van der Waals surface area contributed by atoms with Gasteiger partial charge in [-0.2, -0.15) is 0 Å². The summed E-state index contributed by atoms with van der Waals surface area (Å²) in [5, 5.41) is 18.4. The Kier molecular flexibility index (Phi) is 6.00. The molecule has 2 aromatic rings. The van der Waals surface area contributed by atoms with E-state index >= 15 is 0 Å². The molecule has 1 aromatic heterocycles. The molecule has 4 rings (SSSR count). The van der Waals surface area contributed by atoms with Crippen molar-refractivity contribution in [1.82, 2.24) is 9.88 Å². The lowest BCUT2D eigenvalue weighted by atomic mass is 9.85. The van der Waals surface area contributed by atoms with E-state index in [0.717, 1.165) is 36.6 Å². The van der Waals surface area contributed by atoms with Gasteiger partial charge in [-0.15, -0.1) is 0 Å². The van der Waals surface area contributed by atoms with Crippen LogP contribution in [-0.2, 0) is 11.2 Å². The van der Waals surface area contributed by atoms with Gasteiger partial charge < -0.3 is 15.1 Å². The van der Waals surface area contributed by atoms with Crippen molar-refractivity contribution < 1.29 is 15.0 Å². The Labute approximate surface area is 148 Å². The Bertz CT molecular complexity index is 702. The van der Waals surface area contributed by atoms with E-state index in [-0.39, 0.29) is 12.6 Å². The van der Waals surface area contributed by atoms with Crippen LogP contribution in [0.25, 0.3) is 10.9 Å². The third-order valence-electron chi connectivity index (χ3n) is 5.35. The average Bonchev–Trinajstić information content (AvgIpc) is 2.91. The number of carboxylic acid groups (broad SMARTS) is 1. The van der Waals surface area contributed by atoms with Crippen LogP contribution in [0.2, 0.25) is 0 Å². The lowest BCUT2D eigenvalue weighted by molar-refractivity contribution is -0.122. The molecule has 2 N–H and O–H groups in total. The summed E-state index contributed by atoms with van der Waals surface area (Å²) < 4.78 is 0. The fraction of sp³-hybridized carbons (Fsp3) is 0.500. The minimum Gasteiger partial charge on any atom is -0.483 e. The summed E-state index contributed by atoms with van der Waals surface area (Å²) in [6, 6.07) is 12.5. The first-order valence-corrected chi connectivity index (χ1v) is 9.02. The molecule has 0 radical (unpaired) electrons. The third-order valence-corrected chi connectivity index (χ3v) is 5.35. The van der Waals surface area contributed by atoms with Gasteiger partial charge in [-0.05, 0) is 37.3 Å². The van der Waals surface area contributed by atoms with Crippen molar-refractivity contribution in [2.24, 2.45) is 11.8 Å². The van der Waals surface area contributed by atoms with Gasteiger partial charge in [0.25, 0.3) is 6.47 Å². The van der Waals surface area contributed by atoms with Gasteiger partial charge in [0.2, 0.25) is 0 Å². The number of hydrogen-bond donors (Lipinski definition) is 2. The SMILES string of the molecule is O=CO.O[C@@H]1CN(CC2CCC2)C[C@H]1Cc1ccc2ccccc2n1. The topological polar surface area (TPSA) is 73.7 Å². The van der Waals surface area contributed by atoms with Crippen molar-refractivity contribution in [3.05, 3.63) is 42.1 Å². The zero-order valence-electron chi connectivity index (χ0n) is 14.4. The summed E-state index contributed by atoms with van der Waals surface area (Å²) >= 11 is 0. The van der Waals surface area contributed by atoms with Crippen LogP contribution in [0.4, 0.5) is 0 Å². The molecule has 2 fully saturated rings. The number of β-amino-alcohol motifs (C(OH)–C–C–N with tert-alkyl or cyclic N) is 1. The van der Waals surface area contributed by atoms with Gasteiger partial charge in [0.05, 0.1) is 11.6 Å². The molecule has 1 aliphatic heterocycles. The van der Waals surface area contributed by atoms with Crippen molar-refractivity contribution in [3.8, 4) is 0 Å². The van der Waals surface area contributed by atoms with E-state index in [9.17, 15) is 5.11 Å². The summed E-state index contributed by atoms with van der Waals surface area (Å²) in [7, 11) is 0. The maximum atomic E-state index is 10.4. The Morgan fingerprint density at radius 2 is 1.92 bits per heavy atom. The van der Waals surface area contributed by atoms with Crippen molar-refractivity contribution >= 4 is 17.4 Å². The van der Waals surface area contributed by atoms with E-state index in [1.54, 1.807) is 0 Å². The summed E-state index contributed by atoms with van der Waals surface area (Å²) in [4.78, 5) is 15.6. The van der Waals surface area contributed by atoms with Crippen LogP contribution in [-0.4, -0.2) is 52.3 Å². The standard InChI is InChI=1S/C19H24N2O.CH2O2/c22-19-13-21(11-14-4-3-5-14)12-16(19)10-17-9-8-15-6-1-2-7-18(15)20-17;2-1-3/h1-2,6-9,14,16,19,22H,3-5,10-13H2;1H,(H,2,3)/t16-,19-;/m1./s1. The molecule has 5 heteroatoms. The predicted octanol–water partition coefficient (Wildman–Crippen LogP) is 2.57. The first-order valence-electron chi connectivity index (χ1n) is 9.02. The molecule has 1 aromatic carbocycles. The lowest BCUT2D eigenvalue weighted by Gasteiger charge is -2.29. The highest BCUT2D eigenvalue weighted by atomic mass is 16.3. The Morgan fingerprint density at radius 1 is 1.16 bits per heavy atom. The molecule has 2 atom stereocenters. The van der Waals surface area contributed by atoms with Crippen molar-refractivity contribution in [1.29, 1.82) is 0 Å². The normalized spacial score (nSPS) is 23.7. The molecule has 0 spiro atoms. The zero-order chi connectivity index (χ0) is 17.6. The first-order chi connectivity index (χ1) is 12.2. The van der Waals surface area contributed by atoms with Crippen molar-refractivity contribution in [2.45, 2.75) is 31.8 Å². The van der Waals surface area contributed by atoms with Gasteiger partial charge in [-0.3, -0.25) is 9.78 Å². The third kappa shape index (κ3) is 4.55. The molecule has 2 heterocycles. The summed E-state index contributed by atoms with van der Waals surface area (Å²) in [5.41, 5.74) is 2.16. The largest absolute Gasteiger partial charge is 0.483 e. The number of aromatic nitrogens is 1. The summed E-state index contributed by atoms with van der Waals surface area (Å²) in [6.45, 7) is 2.79. The molecule has 134 valence electrons. The number of likely N-dealkylation sites (tertiary alicyclic amines) is 1. The number of aliphatic hydroxyl groups excluding tert-OH is 1. The maximum Gasteiger partial charge on any atom is 0.290 e. The fourth-order valence-corrected chi connectivity index (χ4v) is 3.82. The number of pyridine rings is 1. The molecular weight excluding hydrogens is 316 g/mol. The molecule has 5 nitrogen and oxygen atoms in total. The number of para-hydroxylation sites is 1. The fourth-order valence-electron chi connectivity index (χ4n) is 3.82. The monoisotopic (exact) mass is 342 g/mol. The molecule has 1 saturated heterocycles. The highest BCUT2D eigenvalue weighted by Crippen LogP contribution is 2.30. The molecule has 25 heavy (non-hydrogen) atoms. The van der Waals surface area contributed by atoms with Crippen molar-refractivity contribution in [2.75, 3.05) is 19.6 Å². The number of rotatable bonds is 4. The number of nitrogens with zero attached hydrogens (tertiary/aromatic N) is 2. The van der Waals surface area contributed by atoms with Gasteiger partial charge in [0.1, 0.15) is 0 Å². The molecule has 0 unspecified atom stereocenters. The van der Waals surface area contributed by atoms with Crippen LogP contribution < -0.4 is 0 Å². The van der Waals surface area contributed by atoms with E-state index in [1.807, 2.05) is 12.1 Å². The van der Waals surface area contributed by atoms with Crippen LogP contribution in [0.5, 0.6) is 0 Å². The van der Waals surface area contributed by atoms with E-state index in [4.69, 9.17) is 14.9 Å². The zero-order valence-corrected chi connectivity index (χ0v) is 14.4. The van der Waals surface area contributed by atoms with Crippen LogP contribution in [0.1, 0.15) is 25.0 Å².